The molecular formula is C18H18N2O3. The Hall–Kier alpha value is -2.82. The molecule has 23 heavy (non-hydrogen) atoms. The molecule has 2 heterocycles. The topological polar surface area (TPSA) is 64.2 Å². The van der Waals surface area contributed by atoms with E-state index < -0.39 is 0 Å². The maximum absolute atomic E-state index is 12.1. The molecule has 3 rings (SSSR count). The highest BCUT2D eigenvalue weighted by molar-refractivity contribution is 5.93. The van der Waals surface area contributed by atoms with Gasteiger partial charge in [0.1, 0.15) is 11.3 Å². The summed E-state index contributed by atoms with van der Waals surface area (Å²) in [5.74, 6) is 0.710. The average molecular weight is 310 g/mol. The van der Waals surface area contributed by atoms with Crippen molar-refractivity contribution in [1.82, 2.24) is 4.57 Å². The zero-order chi connectivity index (χ0) is 16.4. The molecule has 2 aromatic heterocycles. The molecule has 0 aliphatic carbocycles. The molecule has 0 atom stereocenters. The number of aryl methyl sites for hydroxylation is 2. The maximum Gasteiger partial charge on any atom is 0.250 e. The number of carbonyl (C=O) groups excluding carboxylic acids is 1. The number of nitrogens with one attached hydrogen (secondary N) is 1. The number of hydrogen-bond acceptors (Lipinski definition) is 3. The van der Waals surface area contributed by atoms with Gasteiger partial charge in [-0.05, 0) is 44.2 Å². The van der Waals surface area contributed by atoms with Crippen LogP contribution in [0.5, 0.6) is 0 Å². The van der Waals surface area contributed by atoms with Crippen LogP contribution in [0.2, 0.25) is 0 Å². The molecule has 0 unspecified atom stereocenters. The molecule has 5 heteroatoms. The Bertz CT molecular complexity index is 921. The van der Waals surface area contributed by atoms with Gasteiger partial charge in [0, 0.05) is 35.8 Å². The molecule has 0 aliphatic rings. The summed E-state index contributed by atoms with van der Waals surface area (Å²) in [6.45, 7) is 4.11. The Morgan fingerprint density at radius 1 is 1.17 bits per heavy atom. The van der Waals surface area contributed by atoms with Gasteiger partial charge in [-0.25, -0.2) is 0 Å². The quantitative estimate of drug-likeness (QED) is 0.804. The van der Waals surface area contributed by atoms with Crippen molar-refractivity contribution >= 4 is 22.6 Å². The molecule has 0 spiro atoms. The van der Waals surface area contributed by atoms with Gasteiger partial charge in [0.15, 0.2) is 0 Å². The minimum atomic E-state index is -0.125. The molecule has 0 radical (unpaired) electrons. The van der Waals surface area contributed by atoms with Crippen LogP contribution in [-0.4, -0.2) is 10.5 Å². The van der Waals surface area contributed by atoms with E-state index in [0.717, 1.165) is 28.1 Å². The lowest BCUT2D eigenvalue weighted by Crippen LogP contribution is -2.24. The van der Waals surface area contributed by atoms with Crippen LogP contribution < -0.4 is 10.9 Å². The lowest BCUT2D eigenvalue weighted by molar-refractivity contribution is -0.116. The number of aromatic nitrogens is 1. The minimum absolute atomic E-state index is 0.0897. The number of pyridine rings is 1. The molecule has 1 amide bonds. The molecule has 3 aromatic rings. The number of amides is 1. The Morgan fingerprint density at radius 2 is 2.00 bits per heavy atom. The fourth-order valence-electron chi connectivity index (χ4n) is 2.60. The zero-order valence-electron chi connectivity index (χ0n) is 13.1. The van der Waals surface area contributed by atoms with Crippen LogP contribution in [0.15, 0.2) is 51.7 Å². The summed E-state index contributed by atoms with van der Waals surface area (Å²) in [4.78, 5) is 23.9. The predicted octanol–water partition coefficient (Wildman–Crippen LogP) is 3.24. The first kappa shape index (κ1) is 15.1. The number of benzene rings is 1. The van der Waals surface area contributed by atoms with Crippen LogP contribution in [0.4, 0.5) is 5.69 Å². The van der Waals surface area contributed by atoms with Crippen molar-refractivity contribution < 1.29 is 9.21 Å². The first-order valence-electron chi connectivity index (χ1n) is 7.49. The van der Waals surface area contributed by atoms with Crippen molar-refractivity contribution in [3.05, 3.63) is 64.3 Å². The third-order valence-corrected chi connectivity index (χ3v) is 3.75. The van der Waals surface area contributed by atoms with E-state index in [1.165, 1.54) is 6.07 Å². The standard InChI is InChI=1S/C18H18N2O3/c1-12-4-3-5-18(22)20(12)9-8-17(21)19-15-6-7-16-14(11-15)10-13(2)23-16/h3-7,10-11H,8-9H2,1-2H3,(H,19,21). The van der Waals surface area contributed by atoms with Gasteiger partial charge in [-0.2, -0.15) is 0 Å². The number of furan rings is 1. The number of nitrogens with zero attached hydrogens (tertiary/aromatic N) is 1. The average Bonchev–Trinajstić information content (AvgIpc) is 2.86. The summed E-state index contributed by atoms with van der Waals surface area (Å²) < 4.78 is 7.11. The van der Waals surface area contributed by atoms with Crippen LogP contribution in [-0.2, 0) is 11.3 Å². The molecule has 0 saturated heterocycles. The van der Waals surface area contributed by atoms with E-state index in [1.807, 2.05) is 44.2 Å². The van der Waals surface area contributed by atoms with E-state index in [-0.39, 0.29) is 17.9 Å². The van der Waals surface area contributed by atoms with E-state index in [9.17, 15) is 9.59 Å². The largest absolute Gasteiger partial charge is 0.461 e. The zero-order valence-corrected chi connectivity index (χ0v) is 13.1. The highest BCUT2D eigenvalue weighted by Gasteiger charge is 2.07. The monoisotopic (exact) mass is 310 g/mol. The predicted molar refractivity (Wildman–Crippen MR) is 89.6 cm³/mol. The van der Waals surface area contributed by atoms with E-state index >= 15 is 0 Å². The molecule has 0 fully saturated rings. The van der Waals surface area contributed by atoms with Crippen molar-refractivity contribution in [3.8, 4) is 0 Å². The summed E-state index contributed by atoms with van der Waals surface area (Å²) in [5.41, 5.74) is 2.28. The van der Waals surface area contributed by atoms with Gasteiger partial charge in [0.25, 0.3) is 5.56 Å². The van der Waals surface area contributed by atoms with Crippen LogP contribution in [0.25, 0.3) is 11.0 Å². The third kappa shape index (κ3) is 3.34. The van der Waals surface area contributed by atoms with Crippen LogP contribution >= 0.6 is 0 Å². The molecule has 0 bridgehead atoms. The molecule has 118 valence electrons. The van der Waals surface area contributed by atoms with Crippen LogP contribution in [0.1, 0.15) is 17.9 Å². The Morgan fingerprint density at radius 3 is 2.78 bits per heavy atom. The number of carbonyl (C=O) groups is 1. The SMILES string of the molecule is Cc1cc2cc(NC(=O)CCn3c(C)cccc3=O)ccc2o1. The lowest BCUT2D eigenvalue weighted by atomic mass is 10.2. The highest BCUT2D eigenvalue weighted by Crippen LogP contribution is 2.22. The van der Waals surface area contributed by atoms with Crippen molar-refractivity contribution in [3.63, 3.8) is 0 Å². The van der Waals surface area contributed by atoms with E-state index in [1.54, 1.807) is 10.6 Å². The normalized spacial score (nSPS) is 10.9. The summed E-state index contributed by atoms with van der Waals surface area (Å²) in [6.07, 6.45) is 0.243. The van der Waals surface area contributed by atoms with E-state index in [0.29, 0.717) is 6.54 Å². The summed E-state index contributed by atoms with van der Waals surface area (Å²) >= 11 is 0. The molecule has 5 nitrogen and oxygen atoms in total. The van der Waals surface area contributed by atoms with Gasteiger partial charge in [-0.1, -0.05) is 6.07 Å². The minimum Gasteiger partial charge on any atom is -0.461 e. The third-order valence-electron chi connectivity index (χ3n) is 3.75. The van der Waals surface area contributed by atoms with Gasteiger partial charge in [-0.3, -0.25) is 9.59 Å². The number of rotatable bonds is 4. The molecule has 0 saturated carbocycles. The molecular weight excluding hydrogens is 292 g/mol. The fourth-order valence-corrected chi connectivity index (χ4v) is 2.60. The van der Waals surface area contributed by atoms with Gasteiger partial charge in [-0.15, -0.1) is 0 Å². The smallest absolute Gasteiger partial charge is 0.250 e. The van der Waals surface area contributed by atoms with Gasteiger partial charge in [0.2, 0.25) is 5.91 Å². The molecule has 1 aromatic carbocycles. The molecule has 1 N–H and O–H groups in total. The highest BCUT2D eigenvalue weighted by atomic mass is 16.3. The fraction of sp³-hybridized carbons (Fsp3) is 0.222. The number of anilines is 1. The second kappa shape index (κ2) is 6.12. The van der Waals surface area contributed by atoms with Gasteiger partial charge < -0.3 is 14.3 Å². The summed E-state index contributed by atoms with van der Waals surface area (Å²) in [7, 11) is 0. The number of fused-ring (bicyclic) bond motifs is 1. The Labute approximate surface area is 133 Å². The summed E-state index contributed by atoms with van der Waals surface area (Å²) in [6, 6.07) is 12.5. The number of hydrogen-bond donors (Lipinski definition) is 1. The second-order valence-electron chi connectivity index (χ2n) is 5.56. The van der Waals surface area contributed by atoms with Crippen LogP contribution in [0.3, 0.4) is 0 Å². The van der Waals surface area contributed by atoms with Crippen molar-refractivity contribution in [2.75, 3.05) is 5.32 Å². The lowest BCUT2D eigenvalue weighted by Gasteiger charge is -2.09. The van der Waals surface area contributed by atoms with Crippen molar-refractivity contribution in [2.45, 2.75) is 26.8 Å². The van der Waals surface area contributed by atoms with Crippen molar-refractivity contribution in [1.29, 1.82) is 0 Å². The van der Waals surface area contributed by atoms with E-state index in [2.05, 4.69) is 5.32 Å². The second-order valence-corrected chi connectivity index (χ2v) is 5.56. The molecule has 0 aliphatic heterocycles. The Balaban J connectivity index is 1.67. The van der Waals surface area contributed by atoms with E-state index in [4.69, 9.17) is 4.42 Å². The van der Waals surface area contributed by atoms with Crippen molar-refractivity contribution in [2.24, 2.45) is 0 Å². The summed E-state index contributed by atoms with van der Waals surface area (Å²) in [5, 5.41) is 3.81. The Kier molecular flexibility index (Phi) is 4.02. The first-order chi connectivity index (χ1) is 11.0. The maximum atomic E-state index is 12.1. The van der Waals surface area contributed by atoms with Crippen LogP contribution in [0, 0.1) is 13.8 Å². The first-order valence-corrected chi connectivity index (χ1v) is 7.49. The van der Waals surface area contributed by atoms with Gasteiger partial charge in [0.05, 0.1) is 0 Å². The van der Waals surface area contributed by atoms with Gasteiger partial charge >= 0.3 is 0 Å².